The lowest BCUT2D eigenvalue weighted by Gasteiger charge is -2.36. The van der Waals surface area contributed by atoms with Crippen molar-refractivity contribution >= 4 is 6.03 Å². The summed E-state index contributed by atoms with van der Waals surface area (Å²) in [5.41, 5.74) is 0.181. The molecule has 0 aromatic carbocycles. The second-order valence-corrected chi connectivity index (χ2v) is 5.03. The first-order chi connectivity index (χ1) is 6.57. The summed E-state index contributed by atoms with van der Waals surface area (Å²) in [6, 6.07) is 0.562. The van der Waals surface area contributed by atoms with Crippen LogP contribution >= 0.6 is 0 Å². The van der Waals surface area contributed by atoms with E-state index in [1.54, 1.807) is 0 Å². The van der Waals surface area contributed by atoms with Crippen LogP contribution in [0.3, 0.4) is 0 Å². The van der Waals surface area contributed by atoms with Crippen LogP contribution in [0.5, 0.6) is 0 Å². The number of amides is 2. The summed E-state index contributed by atoms with van der Waals surface area (Å²) in [5, 5.41) is 0. The van der Waals surface area contributed by atoms with Crippen molar-refractivity contribution in [3.63, 3.8) is 0 Å². The lowest BCUT2D eigenvalue weighted by Crippen LogP contribution is -2.48. The number of nitrogens with zero attached hydrogens (tertiary/aromatic N) is 2. The van der Waals surface area contributed by atoms with Gasteiger partial charge in [0.1, 0.15) is 0 Å². The van der Waals surface area contributed by atoms with Crippen molar-refractivity contribution in [1.82, 2.24) is 9.80 Å². The van der Waals surface area contributed by atoms with Crippen LogP contribution in [0.2, 0.25) is 0 Å². The quantitative estimate of drug-likeness (QED) is 0.630. The van der Waals surface area contributed by atoms with E-state index >= 15 is 0 Å². The maximum atomic E-state index is 12.0. The third-order valence-electron chi connectivity index (χ3n) is 3.63. The molecule has 2 amide bonds. The Morgan fingerprint density at radius 2 is 1.86 bits per heavy atom. The molecule has 2 rings (SSSR count). The van der Waals surface area contributed by atoms with Gasteiger partial charge in [0.05, 0.1) is 5.54 Å². The molecule has 0 radical (unpaired) electrons. The number of urea groups is 1. The van der Waals surface area contributed by atoms with Crippen molar-refractivity contribution in [2.45, 2.75) is 51.1 Å². The highest BCUT2D eigenvalue weighted by Gasteiger charge is 2.50. The standard InChI is InChI=1S/C11H20N2O/c1-9(2)13-10(14)12(3)8-11(13)6-4-5-7-11/h9H,4-8H2,1-3H3. The monoisotopic (exact) mass is 196 g/mol. The van der Waals surface area contributed by atoms with Gasteiger partial charge in [0.15, 0.2) is 0 Å². The van der Waals surface area contributed by atoms with Gasteiger partial charge in [0.25, 0.3) is 0 Å². The number of hydrogen-bond acceptors (Lipinski definition) is 1. The summed E-state index contributed by atoms with van der Waals surface area (Å²) in [5.74, 6) is 0. The Morgan fingerprint density at radius 3 is 2.36 bits per heavy atom. The van der Waals surface area contributed by atoms with Crippen molar-refractivity contribution in [3.05, 3.63) is 0 Å². The Kier molecular flexibility index (Phi) is 2.20. The molecule has 0 N–H and O–H groups in total. The number of carbonyl (C=O) groups is 1. The average Bonchev–Trinajstić information content (AvgIpc) is 2.61. The fraction of sp³-hybridized carbons (Fsp3) is 0.909. The minimum Gasteiger partial charge on any atom is -0.325 e. The molecule has 0 atom stereocenters. The van der Waals surface area contributed by atoms with Crippen LogP contribution in [0, 0.1) is 0 Å². The van der Waals surface area contributed by atoms with Gasteiger partial charge in [-0.3, -0.25) is 0 Å². The second-order valence-electron chi connectivity index (χ2n) is 5.03. The Hall–Kier alpha value is -0.730. The molecule has 0 unspecified atom stereocenters. The summed E-state index contributed by atoms with van der Waals surface area (Å²) in [7, 11) is 1.92. The fourth-order valence-corrected chi connectivity index (χ4v) is 3.17. The van der Waals surface area contributed by atoms with Gasteiger partial charge in [0.2, 0.25) is 0 Å². The zero-order valence-electron chi connectivity index (χ0n) is 9.42. The van der Waals surface area contributed by atoms with E-state index in [9.17, 15) is 4.79 Å². The van der Waals surface area contributed by atoms with Crippen molar-refractivity contribution in [2.24, 2.45) is 0 Å². The molecule has 80 valence electrons. The molecule has 0 aromatic rings. The maximum Gasteiger partial charge on any atom is 0.320 e. The average molecular weight is 196 g/mol. The van der Waals surface area contributed by atoms with Gasteiger partial charge in [-0.15, -0.1) is 0 Å². The van der Waals surface area contributed by atoms with E-state index in [1.807, 2.05) is 11.9 Å². The van der Waals surface area contributed by atoms with Crippen LogP contribution in [0.1, 0.15) is 39.5 Å². The molecular weight excluding hydrogens is 176 g/mol. The molecular formula is C11H20N2O. The zero-order valence-corrected chi connectivity index (χ0v) is 9.42. The lowest BCUT2D eigenvalue weighted by atomic mass is 9.95. The van der Waals surface area contributed by atoms with E-state index in [0.717, 1.165) is 6.54 Å². The maximum absolute atomic E-state index is 12.0. The normalized spacial score (nSPS) is 25.9. The molecule has 2 aliphatic rings. The molecule has 1 aliphatic heterocycles. The molecule has 2 fully saturated rings. The SMILES string of the molecule is CC(C)N1C(=O)N(C)CC12CCCC2. The van der Waals surface area contributed by atoms with Gasteiger partial charge >= 0.3 is 6.03 Å². The third-order valence-corrected chi connectivity index (χ3v) is 3.63. The Balaban J connectivity index is 2.28. The predicted molar refractivity (Wildman–Crippen MR) is 56.2 cm³/mol. The molecule has 14 heavy (non-hydrogen) atoms. The predicted octanol–water partition coefficient (Wildman–Crippen LogP) is 2.08. The van der Waals surface area contributed by atoms with Gasteiger partial charge in [-0.25, -0.2) is 4.79 Å². The summed E-state index contributed by atoms with van der Waals surface area (Å²) in [6.45, 7) is 5.18. The van der Waals surface area contributed by atoms with Gasteiger partial charge in [-0.1, -0.05) is 12.8 Å². The number of rotatable bonds is 1. The second kappa shape index (κ2) is 3.14. The third kappa shape index (κ3) is 1.22. The van der Waals surface area contributed by atoms with E-state index in [-0.39, 0.29) is 11.6 Å². The van der Waals surface area contributed by atoms with Crippen LogP contribution in [-0.4, -0.2) is 41.0 Å². The Morgan fingerprint density at radius 1 is 1.29 bits per heavy atom. The van der Waals surface area contributed by atoms with Crippen LogP contribution in [-0.2, 0) is 0 Å². The Bertz CT molecular complexity index is 244. The van der Waals surface area contributed by atoms with Crippen LogP contribution in [0.15, 0.2) is 0 Å². The molecule has 1 heterocycles. The van der Waals surface area contributed by atoms with Crippen molar-refractivity contribution < 1.29 is 4.79 Å². The minimum absolute atomic E-state index is 0.181. The first-order valence-corrected chi connectivity index (χ1v) is 5.61. The van der Waals surface area contributed by atoms with Gasteiger partial charge < -0.3 is 9.80 Å². The molecule has 1 aliphatic carbocycles. The summed E-state index contributed by atoms with van der Waals surface area (Å²) < 4.78 is 0. The molecule has 3 nitrogen and oxygen atoms in total. The van der Waals surface area contributed by atoms with E-state index < -0.39 is 0 Å². The highest BCUT2D eigenvalue weighted by Crippen LogP contribution is 2.41. The van der Waals surface area contributed by atoms with E-state index in [0.29, 0.717) is 6.04 Å². The Labute approximate surface area is 86.1 Å². The van der Waals surface area contributed by atoms with Gasteiger partial charge in [-0.2, -0.15) is 0 Å². The highest BCUT2D eigenvalue weighted by atomic mass is 16.2. The lowest BCUT2D eigenvalue weighted by molar-refractivity contribution is 0.132. The zero-order chi connectivity index (χ0) is 10.3. The van der Waals surface area contributed by atoms with Gasteiger partial charge in [-0.05, 0) is 26.7 Å². The highest BCUT2D eigenvalue weighted by molar-refractivity contribution is 5.78. The first-order valence-electron chi connectivity index (χ1n) is 5.61. The van der Waals surface area contributed by atoms with Crippen LogP contribution in [0.25, 0.3) is 0 Å². The summed E-state index contributed by atoms with van der Waals surface area (Å²) in [4.78, 5) is 16.0. The molecule has 1 saturated carbocycles. The molecule has 1 saturated heterocycles. The molecule has 0 aromatic heterocycles. The number of likely N-dealkylation sites (N-methyl/N-ethyl adjacent to an activating group) is 1. The van der Waals surface area contributed by atoms with E-state index in [2.05, 4.69) is 18.7 Å². The molecule has 0 bridgehead atoms. The van der Waals surface area contributed by atoms with Crippen molar-refractivity contribution in [1.29, 1.82) is 0 Å². The molecule has 3 heteroatoms. The minimum atomic E-state index is 0.181. The summed E-state index contributed by atoms with van der Waals surface area (Å²) >= 11 is 0. The molecule has 1 spiro atoms. The van der Waals surface area contributed by atoms with Crippen molar-refractivity contribution in [2.75, 3.05) is 13.6 Å². The fourth-order valence-electron chi connectivity index (χ4n) is 3.17. The van der Waals surface area contributed by atoms with E-state index in [4.69, 9.17) is 0 Å². The first kappa shape index (κ1) is 9.81. The van der Waals surface area contributed by atoms with Crippen molar-refractivity contribution in [3.8, 4) is 0 Å². The van der Waals surface area contributed by atoms with Gasteiger partial charge in [0, 0.05) is 19.6 Å². The van der Waals surface area contributed by atoms with Crippen LogP contribution < -0.4 is 0 Å². The topological polar surface area (TPSA) is 23.6 Å². The summed E-state index contributed by atoms with van der Waals surface area (Å²) in [6.07, 6.45) is 4.96. The number of carbonyl (C=O) groups excluding carboxylic acids is 1. The van der Waals surface area contributed by atoms with Crippen LogP contribution in [0.4, 0.5) is 4.79 Å². The smallest absolute Gasteiger partial charge is 0.320 e. The largest absolute Gasteiger partial charge is 0.325 e. The number of hydrogen-bond donors (Lipinski definition) is 0. The van der Waals surface area contributed by atoms with E-state index in [1.165, 1.54) is 25.7 Å².